The first-order valence-electron chi connectivity index (χ1n) is 10.6. The van der Waals surface area contributed by atoms with Crippen LogP contribution in [0, 0.1) is 0 Å². The summed E-state index contributed by atoms with van der Waals surface area (Å²) < 4.78 is 27.6. The second-order valence-corrected chi connectivity index (χ2v) is 9.89. The van der Waals surface area contributed by atoms with Crippen LogP contribution in [0.4, 0.5) is 11.6 Å². The zero-order chi connectivity index (χ0) is 20.7. The molecular formula is C20H26N6O3S. The van der Waals surface area contributed by atoms with Crippen LogP contribution in [0.25, 0.3) is 0 Å². The maximum absolute atomic E-state index is 12.6. The van der Waals surface area contributed by atoms with Crippen LogP contribution in [0.3, 0.4) is 0 Å². The van der Waals surface area contributed by atoms with E-state index in [9.17, 15) is 13.2 Å². The number of rotatable bonds is 7. The van der Waals surface area contributed by atoms with Gasteiger partial charge in [0.15, 0.2) is 0 Å². The Morgan fingerprint density at radius 2 is 1.77 bits per heavy atom. The van der Waals surface area contributed by atoms with Crippen LogP contribution in [0.1, 0.15) is 47.9 Å². The predicted molar refractivity (Wildman–Crippen MR) is 111 cm³/mol. The summed E-state index contributed by atoms with van der Waals surface area (Å²) in [6.45, 7) is 1.19. The summed E-state index contributed by atoms with van der Waals surface area (Å²) in [6, 6.07) is 2.35. The third-order valence-corrected chi connectivity index (χ3v) is 7.55. The van der Waals surface area contributed by atoms with Crippen LogP contribution < -0.4 is 10.0 Å². The van der Waals surface area contributed by atoms with Gasteiger partial charge in [-0.15, -0.1) is 5.10 Å². The van der Waals surface area contributed by atoms with E-state index in [1.807, 2.05) is 0 Å². The number of benzene rings is 1. The number of sulfonamides is 1. The number of carbonyl (C=O) groups is 1. The molecule has 2 heterocycles. The van der Waals surface area contributed by atoms with Crippen LogP contribution in [0.2, 0.25) is 0 Å². The number of carbonyl (C=O) groups excluding carboxylic acids is 1. The van der Waals surface area contributed by atoms with Crippen LogP contribution in [-0.4, -0.2) is 54.0 Å². The summed E-state index contributed by atoms with van der Waals surface area (Å²) in [4.78, 5) is 17.5. The van der Waals surface area contributed by atoms with Crippen LogP contribution in [0.15, 0.2) is 11.2 Å². The number of anilines is 2. The van der Waals surface area contributed by atoms with Crippen molar-refractivity contribution >= 4 is 27.6 Å². The van der Waals surface area contributed by atoms with Gasteiger partial charge in [0.25, 0.3) is 15.2 Å². The van der Waals surface area contributed by atoms with Gasteiger partial charge in [0.1, 0.15) is 0 Å². The van der Waals surface area contributed by atoms with Crippen molar-refractivity contribution in [1.29, 1.82) is 0 Å². The van der Waals surface area contributed by atoms with Crippen molar-refractivity contribution in [2.24, 2.45) is 0 Å². The number of aryl methyl sites for hydroxylation is 2. The lowest BCUT2D eigenvalue weighted by Crippen LogP contribution is -2.35. The highest BCUT2D eigenvalue weighted by Gasteiger charge is 2.26. The van der Waals surface area contributed by atoms with E-state index in [1.54, 1.807) is 4.90 Å². The molecular weight excluding hydrogens is 404 g/mol. The van der Waals surface area contributed by atoms with Crippen LogP contribution >= 0.6 is 0 Å². The van der Waals surface area contributed by atoms with E-state index < -0.39 is 10.0 Å². The van der Waals surface area contributed by atoms with Crippen molar-refractivity contribution in [2.75, 3.05) is 25.0 Å². The van der Waals surface area contributed by atoms with E-state index in [2.05, 4.69) is 31.3 Å². The van der Waals surface area contributed by atoms with Gasteiger partial charge in [-0.3, -0.25) is 4.79 Å². The molecule has 160 valence electrons. The molecule has 1 amide bonds. The SMILES string of the molecule is O=C1CCCN1CCNS(=O)(=O)c1nc(Nc2c3c(cc4c2CCC4)CCC3)n[nH]1. The molecule has 1 fully saturated rings. The Kier molecular flexibility index (Phi) is 4.98. The molecule has 1 aromatic carbocycles. The third kappa shape index (κ3) is 3.58. The first kappa shape index (κ1) is 19.5. The van der Waals surface area contributed by atoms with E-state index in [-0.39, 0.29) is 23.6 Å². The molecule has 0 radical (unpaired) electrons. The number of fused-ring (bicyclic) bond motifs is 2. The summed E-state index contributed by atoms with van der Waals surface area (Å²) in [5.74, 6) is 0.336. The van der Waals surface area contributed by atoms with Crippen molar-refractivity contribution in [3.63, 3.8) is 0 Å². The largest absolute Gasteiger partial charge is 0.341 e. The van der Waals surface area contributed by atoms with Gasteiger partial charge >= 0.3 is 0 Å². The van der Waals surface area contributed by atoms with Gasteiger partial charge in [-0.1, -0.05) is 6.07 Å². The minimum atomic E-state index is -3.82. The number of aromatic nitrogens is 3. The quantitative estimate of drug-likeness (QED) is 0.611. The van der Waals surface area contributed by atoms with E-state index in [1.165, 1.54) is 22.3 Å². The number of hydrogen-bond donors (Lipinski definition) is 3. The number of aromatic amines is 1. The number of nitrogens with one attached hydrogen (secondary N) is 3. The predicted octanol–water partition coefficient (Wildman–Crippen LogP) is 1.43. The second-order valence-electron chi connectivity index (χ2n) is 8.21. The average molecular weight is 431 g/mol. The maximum Gasteiger partial charge on any atom is 0.275 e. The summed E-state index contributed by atoms with van der Waals surface area (Å²) in [6.07, 6.45) is 7.89. The molecule has 0 atom stereocenters. The van der Waals surface area contributed by atoms with Gasteiger partial charge in [0.2, 0.25) is 11.9 Å². The van der Waals surface area contributed by atoms with Gasteiger partial charge in [0.05, 0.1) is 0 Å². The zero-order valence-corrected chi connectivity index (χ0v) is 17.6. The molecule has 1 saturated heterocycles. The lowest BCUT2D eigenvalue weighted by molar-refractivity contribution is -0.127. The van der Waals surface area contributed by atoms with Crippen molar-refractivity contribution in [3.05, 3.63) is 28.3 Å². The monoisotopic (exact) mass is 430 g/mol. The van der Waals surface area contributed by atoms with Gasteiger partial charge in [0, 0.05) is 31.7 Å². The minimum Gasteiger partial charge on any atom is -0.341 e. The number of nitrogens with zero attached hydrogens (tertiary/aromatic N) is 3. The van der Waals surface area contributed by atoms with Crippen molar-refractivity contribution < 1.29 is 13.2 Å². The summed E-state index contributed by atoms with van der Waals surface area (Å²) >= 11 is 0. The molecule has 1 aromatic heterocycles. The molecule has 30 heavy (non-hydrogen) atoms. The highest BCUT2D eigenvalue weighted by atomic mass is 32.2. The molecule has 1 aliphatic heterocycles. The average Bonchev–Trinajstić information content (AvgIpc) is 3.48. The number of amides is 1. The van der Waals surface area contributed by atoms with Crippen molar-refractivity contribution in [3.8, 4) is 0 Å². The van der Waals surface area contributed by atoms with E-state index >= 15 is 0 Å². The van der Waals surface area contributed by atoms with Gasteiger partial charge < -0.3 is 10.2 Å². The summed E-state index contributed by atoms with van der Waals surface area (Å²) in [7, 11) is -3.82. The number of hydrogen-bond acceptors (Lipinski definition) is 6. The van der Waals surface area contributed by atoms with E-state index in [0.717, 1.165) is 50.6 Å². The normalized spacial score (nSPS) is 18.1. The summed E-state index contributed by atoms with van der Waals surface area (Å²) in [5, 5.41) is 9.71. The van der Waals surface area contributed by atoms with E-state index in [4.69, 9.17) is 0 Å². The fraction of sp³-hybridized carbons (Fsp3) is 0.550. The molecule has 3 N–H and O–H groups in total. The fourth-order valence-electron chi connectivity index (χ4n) is 4.83. The van der Waals surface area contributed by atoms with Gasteiger partial charge in [-0.2, -0.15) is 4.98 Å². The Morgan fingerprint density at radius 1 is 1.03 bits per heavy atom. The molecule has 2 aliphatic carbocycles. The fourth-order valence-corrected chi connectivity index (χ4v) is 5.69. The molecule has 10 heteroatoms. The lowest BCUT2D eigenvalue weighted by atomic mass is 9.99. The standard InChI is InChI=1S/C20H26N6O3S/c27-17-8-3-10-26(17)11-9-21-30(28,29)20-23-19(24-25-20)22-18-15-6-1-4-13(15)12-14-5-2-7-16(14)18/h12,21H,1-11H2,(H2,22,23,24,25). The molecule has 0 spiro atoms. The van der Waals surface area contributed by atoms with E-state index in [0.29, 0.717) is 19.5 Å². The summed E-state index contributed by atoms with van der Waals surface area (Å²) in [5.41, 5.74) is 6.48. The molecule has 9 nitrogen and oxygen atoms in total. The first-order chi connectivity index (χ1) is 14.5. The Hall–Kier alpha value is -2.46. The minimum absolute atomic E-state index is 0.0725. The number of likely N-dealkylation sites (tertiary alicyclic amines) is 1. The zero-order valence-electron chi connectivity index (χ0n) is 16.8. The molecule has 2 aromatic rings. The molecule has 0 unspecified atom stereocenters. The Balaban J connectivity index is 1.30. The molecule has 3 aliphatic rings. The Morgan fingerprint density at radius 3 is 2.43 bits per heavy atom. The highest BCUT2D eigenvalue weighted by molar-refractivity contribution is 7.89. The van der Waals surface area contributed by atoms with Gasteiger partial charge in [-0.25, -0.2) is 18.2 Å². The second kappa shape index (κ2) is 7.66. The number of H-pyrrole nitrogens is 1. The highest BCUT2D eigenvalue weighted by Crippen LogP contribution is 2.39. The van der Waals surface area contributed by atoms with Gasteiger partial charge in [-0.05, 0) is 67.2 Å². The Labute approximate surface area is 175 Å². The van der Waals surface area contributed by atoms with Crippen LogP contribution in [0.5, 0.6) is 0 Å². The lowest BCUT2D eigenvalue weighted by Gasteiger charge is -2.15. The molecule has 5 rings (SSSR count). The topological polar surface area (TPSA) is 120 Å². The third-order valence-electron chi connectivity index (χ3n) is 6.27. The smallest absolute Gasteiger partial charge is 0.275 e. The maximum atomic E-state index is 12.6. The van der Waals surface area contributed by atoms with Crippen molar-refractivity contribution in [1.82, 2.24) is 24.8 Å². The molecule has 0 saturated carbocycles. The van der Waals surface area contributed by atoms with Crippen LogP contribution in [-0.2, 0) is 40.5 Å². The van der Waals surface area contributed by atoms with Crippen molar-refractivity contribution in [2.45, 2.75) is 56.5 Å². The first-order valence-corrected chi connectivity index (χ1v) is 12.1. The Bertz CT molecular complexity index is 1060. The molecule has 0 bridgehead atoms.